The van der Waals surface area contributed by atoms with Crippen LogP contribution < -0.4 is 22.1 Å². The van der Waals surface area contributed by atoms with Gasteiger partial charge in [0.2, 0.25) is 11.8 Å². The van der Waals surface area contributed by atoms with E-state index in [1.54, 1.807) is 6.92 Å². The van der Waals surface area contributed by atoms with Gasteiger partial charge in [0.1, 0.15) is 0 Å². The van der Waals surface area contributed by atoms with Crippen LogP contribution in [-0.2, 0) is 9.59 Å². The Balaban J connectivity index is 3.57. The lowest BCUT2D eigenvalue weighted by atomic mass is 10.1. The normalized spacial score (nSPS) is 11.7. The van der Waals surface area contributed by atoms with Gasteiger partial charge in [-0.05, 0) is 32.7 Å². The Morgan fingerprint density at radius 1 is 1.16 bits per heavy atom. The monoisotopic (exact) mass is 270 g/mol. The predicted octanol–water partition coefficient (Wildman–Crippen LogP) is -0.359. The molecule has 0 radical (unpaired) electrons. The third-order valence-electron chi connectivity index (χ3n) is 2.63. The van der Waals surface area contributed by atoms with Gasteiger partial charge in [-0.15, -0.1) is 0 Å². The molecule has 6 N–H and O–H groups in total. The fourth-order valence-electron chi connectivity index (χ4n) is 1.42. The van der Waals surface area contributed by atoms with Gasteiger partial charge < -0.3 is 22.1 Å². The van der Waals surface area contributed by atoms with Crippen LogP contribution in [0.2, 0.25) is 0 Å². The summed E-state index contributed by atoms with van der Waals surface area (Å²) < 4.78 is 0. The molecule has 0 rings (SSSR count). The SMILES string of the molecule is C=C(C)C(=O)NCCCNC(=O)C(N)CCCCN. The summed E-state index contributed by atoms with van der Waals surface area (Å²) in [5.74, 6) is -0.312. The van der Waals surface area contributed by atoms with Crippen LogP contribution in [0.1, 0.15) is 32.6 Å². The van der Waals surface area contributed by atoms with E-state index < -0.39 is 6.04 Å². The summed E-state index contributed by atoms with van der Waals surface area (Å²) in [4.78, 5) is 22.7. The molecule has 0 saturated carbocycles. The van der Waals surface area contributed by atoms with Gasteiger partial charge >= 0.3 is 0 Å². The Bertz CT molecular complexity index is 305. The fourth-order valence-corrected chi connectivity index (χ4v) is 1.42. The van der Waals surface area contributed by atoms with Crippen LogP contribution in [0.4, 0.5) is 0 Å². The third-order valence-corrected chi connectivity index (χ3v) is 2.63. The van der Waals surface area contributed by atoms with Crippen molar-refractivity contribution in [3.8, 4) is 0 Å². The molecule has 0 fully saturated rings. The maximum atomic E-state index is 11.6. The molecule has 0 aliphatic rings. The summed E-state index contributed by atoms with van der Waals surface area (Å²) in [6, 6.07) is -0.475. The van der Waals surface area contributed by atoms with Crippen LogP contribution in [0.25, 0.3) is 0 Å². The smallest absolute Gasteiger partial charge is 0.246 e. The van der Waals surface area contributed by atoms with Crippen molar-refractivity contribution >= 4 is 11.8 Å². The van der Waals surface area contributed by atoms with Crippen LogP contribution in [-0.4, -0.2) is 37.5 Å². The minimum Gasteiger partial charge on any atom is -0.355 e. The van der Waals surface area contributed by atoms with E-state index in [1.807, 2.05) is 0 Å². The van der Waals surface area contributed by atoms with Crippen molar-refractivity contribution in [2.45, 2.75) is 38.6 Å². The Morgan fingerprint density at radius 3 is 2.37 bits per heavy atom. The predicted molar refractivity (Wildman–Crippen MR) is 76.3 cm³/mol. The highest BCUT2D eigenvalue weighted by Gasteiger charge is 2.11. The van der Waals surface area contributed by atoms with Gasteiger partial charge in [-0.3, -0.25) is 9.59 Å². The van der Waals surface area contributed by atoms with Gasteiger partial charge in [-0.1, -0.05) is 13.0 Å². The number of hydrogen-bond acceptors (Lipinski definition) is 4. The third kappa shape index (κ3) is 9.21. The molecule has 0 spiro atoms. The number of hydrogen-bond donors (Lipinski definition) is 4. The molecular formula is C13H26N4O2. The molecule has 0 aliphatic carbocycles. The lowest BCUT2D eigenvalue weighted by Gasteiger charge is -2.12. The van der Waals surface area contributed by atoms with Crippen molar-refractivity contribution in [1.82, 2.24) is 10.6 Å². The highest BCUT2D eigenvalue weighted by molar-refractivity contribution is 5.92. The average Bonchev–Trinajstić information content (AvgIpc) is 2.37. The standard InChI is InChI=1S/C13H26N4O2/c1-10(2)12(18)16-8-5-9-17-13(19)11(15)6-3-4-7-14/h11H,1,3-9,14-15H2,2H3,(H,16,18)(H,17,19). The van der Waals surface area contributed by atoms with Crippen LogP contribution in [0.3, 0.4) is 0 Å². The molecule has 1 atom stereocenters. The number of rotatable bonds is 10. The molecule has 110 valence electrons. The quantitative estimate of drug-likeness (QED) is 0.321. The van der Waals surface area contributed by atoms with E-state index >= 15 is 0 Å². The summed E-state index contributed by atoms with van der Waals surface area (Å²) in [6.07, 6.45) is 3.06. The van der Waals surface area contributed by atoms with Crippen LogP contribution in [0.5, 0.6) is 0 Å². The lowest BCUT2D eigenvalue weighted by molar-refractivity contribution is -0.122. The van der Waals surface area contributed by atoms with E-state index in [2.05, 4.69) is 17.2 Å². The maximum absolute atomic E-state index is 11.6. The molecule has 0 aromatic rings. The Hall–Kier alpha value is -1.40. The van der Waals surface area contributed by atoms with Crippen molar-refractivity contribution in [3.63, 3.8) is 0 Å². The number of nitrogens with one attached hydrogen (secondary N) is 2. The van der Waals surface area contributed by atoms with E-state index in [1.165, 1.54) is 0 Å². The van der Waals surface area contributed by atoms with Crippen molar-refractivity contribution in [2.75, 3.05) is 19.6 Å². The van der Waals surface area contributed by atoms with Gasteiger partial charge in [-0.25, -0.2) is 0 Å². The highest BCUT2D eigenvalue weighted by Crippen LogP contribution is 1.97. The van der Waals surface area contributed by atoms with Crippen molar-refractivity contribution < 1.29 is 9.59 Å². The van der Waals surface area contributed by atoms with Gasteiger partial charge in [0.25, 0.3) is 0 Å². The summed E-state index contributed by atoms with van der Waals surface area (Å²) in [5.41, 5.74) is 11.6. The zero-order chi connectivity index (χ0) is 14.7. The van der Waals surface area contributed by atoms with Crippen molar-refractivity contribution in [3.05, 3.63) is 12.2 Å². The van der Waals surface area contributed by atoms with Gasteiger partial charge in [-0.2, -0.15) is 0 Å². The van der Waals surface area contributed by atoms with E-state index in [0.29, 0.717) is 38.0 Å². The molecule has 6 nitrogen and oxygen atoms in total. The molecular weight excluding hydrogens is 244 g/mol. The fraction of sp³-hybridized carbons (Fsp3) is 0.692. The first kappa shape index (κ1) is 17.6. The first-order valence-electron chi connectivity index (χ1n) is 6.66. The minimum absolute atomic E-state index is 0.150. The Labute approximate surface area is 115 Å². The number of carbonyl (C=O) groups excluding carboxylic acids is 2. The van der Waals surface area contributed by atoms with E-state index in [9.17, 15) is 9.59 Å². The number of unbranched alkanes of at least 4 members (excludes halogenated alkanes) is 1. The largest absolute Gasteiger partial charge is 0.355 e. The first-order chi connectivity index (χ1) is 8.99. The van der Waals surface area contributed by atoms with Gasteiger partial charge in [0.05, 0.1) is 6.04 Å². The van der Waals surface area contributed by atoms with Crippen LogP contribution >= 0.6 is 0 Å². The topological polar surface area (TPSA) is 110 Å². The summed E-state index contributed by atoms with van der Waals surface area (Å²) in [6.45, 7) is 6.81. The summed E-state index contributed by atoms with van der Waals surface area (Å²) in [5, 5.41) is 5.44. The van der Waals surface area contributed by atoms with Gasteiger partial charge in [0, 0.05) is 18.7 Å². The molecule has 0 bridgehead atoms. The first-order valence-corrected chi connectivity index (χ1v) is 6.66. The average molecular weight is 270 g/mol. The van der Waals surface area contributed by atoms with Crippen molar-refractivity contribution in [2.24, 2.45) is 11.5 Å². The molecule has 0 aliphatic heterocycles. The number of carbonyl (C=O) groups is 2. The molecule has 0 heterocycles. The van der Waals surface area contributed by atoms with Crippen molar-refractivity contribution in [1.29, 1.82) is 0 Å². The molecule has 1 unspecified atom stereocenters. The second kappa shape index (κ2) is 10.5. The molecule has 0 aromatic carbocycles. The highest BCUT2D eigenvalue weighted by atomic mass is 16.2. The molecule has 0 saturated heterocycles. The lowest BCUT2D eigenvalue weighted by Crippen LogP contribution is -2.41. The molecule has 2 amide bonds. The second-order valence-corrected chi connectivity index (χ2v) is 4.57. The summed E-state index contributed by atoms with van der Waals surface area (Å²) >= 11 is 0. The van der Waals surface area contributed by atoms with E-state index in [0.717, 1.165) is 12.8 Å². The second-order valence-electron chi connectivity index (χ2n) is 4.57. The molecule has 6 heteroatoms. The Kier molecular flexibility index (Phi) is 9.74. The number of amides is 2. The van der Waals surface area contributed by atoms with Crippen LogP contribution in [0.15, 0.2) is 12.2 Å². The zero-order valence-corrected chi connectivity index (χ0v) is 11.7. The summed E-state index contributed by atoms with van der Waals surface area (Å²) in [7, 11) is 0. The number of nitrogens with two attached hydrogens (primary N) is 2. The van der Waals surface area contributed by atoms with Crippen LogP contribution in [0, 0.1) is 0 Å². The van der Waals surface area contributed by atoms with E-state index in [4.69, 9.17) is 11.5 Å². The van der Waals surface area contributed by atoms with E-state index in [-0.39, 0.29) is 11.8 Å². The Morgan fingerprint density at radius 2 is 1.79 bits per heavy atom. The van der Waals surface area contributed by atoms with Gasteiger partial charge in [0.15, 0.2) is 0 Å². The zero-order valence-electron chi connectivity index (χ0n) is 11.7. The molecule has 0 aromatic heterocycles. The minimum atomic E-state index is -0.475. The maximum Gasteiger partial charge on any atom is 0.246 e. The molecule has 19 heavy (non-hydrogen) atoms.